The molecule has 1 N–H and O–H groups in total. The topological polar surface area (TPSA) is 81.8 Å². The summed E-state index contributed by atoms with van der Waals surface area (Å²) in [6, 6.07) is 12.0. The number of alkyl halides is 3. The van der Waals surface area contributed by atoms with Crippen molar-refractivity contribution in [2.75, 3.05) is 0 Å². The van der Waals surface area contributed by atoms with Crippen molar-refractivity contribution in [1.82, 2.24) is 24.4 Å². The first-order chi connectivity index (χ1) is 18.1. The van der Waals surface area contributed by atoms with Crippen LogP contribution in [-0.4, -0.2) is 31.1 Å². The van der Waals surface area contributed by atoms with Crippen LogP contribution in [0, 0.1) is 12.8 Å². The minimum absolute atomic E-state index is 0.0432. The summed E-state index contributed by atoms with van der Waals surface area (Å²) < 4.78 is 43.5. The van der Waals surface area contributed by atoms with Gasteiger partial charge >= 0.3 is 11.9 Å². The molecular weight excluding hydrogens is 519 g/mol. The van der Waals surface area contributed by atoms with Crippen molar-refractivity contribution in [3.05, 3.63) is 87.3 Å². The van der Waals surface area contributed by atoms with Crippen LogP contribution in [-0.2, 0) is 12.7 Å². The molecule has 3 aromatic heterocycles. The number of benzene rings is 1. The van der Waals surface area contributed by atoms with Gasteiger partial charge in [-0.05, 0) is 68.9 Å². The van der Waals surface area contributed by atoms with Crippen molar-refractivity contribution in [2.24, 2.45) is 5.92 Å². The third-order valence-corrected chi connectivity index (χ3v) is 7.17. The second kappa shape index (κ2) is 10.2. The Morgan fingerprint density at radius 1 is 1.08 bits per heavy atom. The Labute approximate surface area is 221 Å². The Hall–Kier alpha value is -3.66. The number of nitrogens with one attached hydrogen (secondary N) is 1. The molecule has 5 rings (SSSR count). The van der Waals surface area contributed by atoms with E-state index >= 15 is 0 Å². The number of amides is 1. The highest BCUT2D eigenvalue weighted by atomic mass is 35.5. The van der Waals surface area contributed by atoms with Crippen molar-refractivity contribution in [3.63, 3.8) is 0 Å². The molecule has 4 aromatic rings. The SMILES string of the molecule is Cc1cc(-n2c(=O)n(CC3CCC(NC(=O)c4cc(Cl)cnc4C(F)(F)F)CC3)c3ccccc32)ccn1. The molecule has 0 unspecified atom stereocenters. The van der Waals surface area contributed by atoms with Gasteiger partial charge in [0.15, 0.2) is 5.69 Å². The van der Waals surface area contributed by atoms with Crippen molar-refractivity contribution in [1.29, 1.82) is 0 Å². The minimum Gasteiger partial charge on any atom is -0.349 e. The zero-order valence-corrected chi connectivity index (χ0v) is 21.3. The number of hydrogen-bond acceptors (Lipinski definition) is 4. The highest BCUT2D eigenvalue weighted by Gasteiger charge is 2.38. The van der Waals surface area contributed by atoms with Crippen LogP contribution in [0.15, 0.2) is 59.7 Å². The van der Waals surface area contributed by atoms with E-state index in [1.165, 1.54) is 0 Å². The number of aryl methyl sites for hydroxylation is 1. The molecule has 1 amide bonds. The molecule has 7 nitrogen and oxygen atoms in total. The van der Waals surface area contributed by atoms with Gasteiger partial charge in [0.1, 0.15) is 0 Å². The number of imidazole rings is 1. The number of halogens is 4. The number of aromatic nitrogens is 4. The van der Waals surface area contributed by atoms with Crippen LogP contribution in [0.25, 0.3) is 16.7 Å². The molecule has 0 saturated heterocycles. The molecule has 0 atom stereocenters. The van der Waals surface area contributed by atoms with Crippen LogP contribution in [0.5, 0.6) is 0 Å². The Balaban J connectivity index is 1.30. The predicted octanol–water partition coefficient (Wildman–Crippen LogP) is 5.55. The van der Waals surface area contributed by atoms with Gasteiger partial charge in [-0.15, -0.1) is 0 Å². The molecule has 0 spiro atoms. The monoisotopic (exact) mass is 543 g/mol. The van der Waals surface area contributed by atoms with E-state index in [4.69, 9.17) is 11.6 Å². The normalized spacial score (nSPS) is 18.0. The van der Waals surface area contributed by atoms with E-state index in [9.17, 15) is 22.8 Å². The van der Waals surface area contributed by atoms with E-state index < -0.39 is 23.3 Å². The van der Waals surface area contributed by atoms with E-state index in [1.54, 1.807) is 21.4 Å². The third-order valence-electron chi connectivity index (χ3n) is 6.96. The number of fused-ring (bicyclic) bond motifs is 1. The van der Waals surface area contributed by atoms with Gasteiger partial charge in [-0.1, -0.05) is 23.7 Å². The number of carbonyl (C=O) groups is 1. The summed E-state index contributed by atoms with van der Waals surface area (Å²) in [5.41, 5.74) is 1.21. The third kappa shape index (κ3) is 5.18. The molecule has 0 aliphatic heterocycles. The average molecular weight is 544 g/mol. The molecule has 0 radical (unpaired) electrons. The van der Waals surface area contributed by atoms with Gasteiger partial charge in [0, 0.05) is 30.7 Å². The Morgan fingerprint density at radius 2 is 1.79 bits per heavy atom. The summed E-state index contributed by atoms with van der Waals surface area (Å²) in [5, 5.41) is 2.67. The summed E-state index contributed by atoms with van der Waals surface area (Å²) in [6.45, 7) is 2.38. The van der Waals surface area contributed by atoms with E-state index in [1.807, 2.05) is 37.3 Å². The Bertz CT molecular complexity index is 1550. The number of nitrogens with zero attached hydrogens (tertiary/aromatic N) is 4. The molecule has 198 valence electrons. The van der Waals surface area contributed by atoms with Crippen molar-refractivity contribution < 1.29 is 18.0 Å². The maximum Gasteiger partial charge on any atom is 0.434 e. The van der Waals surface area contributed by atoms with E-state index in [-0.39, 0.29) is 22.7 Å². The van der Waals surface area contributed by atoms with Crippen LogP contribution < -0.4 is 11.0 Å². The lowest BCUT2D eigenvalue weighted by Gasteiger charge is -2.29. The fourth-order valence-electron chi connectivity index (χ4n) is 5.15. The first-order valence-electron chi connectivity index (χ1n) is 12.3. The maximum absolute atomic E-state index is 13.5. The number of para-hydroxylation sites is 2. The van der Waals surface area contributed by atoms with Gasteiger partial charge in [-0.3, -0.25) is 18.9 Å². The number of pyridine rings is 2. The molecule has 3 heterocycles. The average Bonchev–Trinajstić information content (AvgIpc) is 3.15. The predicted molar refractivity (Wildman–Crippen MR) is 138 cm³/mol. The van der Waals surface area contributed by atoms with Crippen molar-refractivity contribution in [2.45, 2.75) is 51.4 Å². The fourth-order valence-corrected chi connectivity index (χ4v) is 5.31. The number of rotatable bonds is 5. The summed E-state index contributed by atoms with van der Waals surface area (Å²) in [7, 11) is 0. The smallest absolute Gasteiger partial charge is 0.349 e. The Morgan fingerprint density at radius 3 is 2.47 bits per heavy atom. The molecule has 1 aliphatic carbocycles. The molecule has 38 heavy (non-hydrogen) atoms. The molecule has 0 bridgehead atoms. The molecule has 1 fully saturated rings. The van der Waals surface area contributed by atoms with Gasteiger partial charge in [0.25, 0.3) is 5.91 Å². The first-order valence-corrected chi connectivity index (χ1v) is 12.7. The fraction of sp³-hybridized carbons (Fsp3) is 0.333. The van der Waals surface area contributed by atoms with Gasteiger partial charge in [0.2, 0.25) is 0 Å². The van der Waals surface area contributed by atoms with Crippen LogP contribution in [0.4, 0.5) is 13.2 Å². The highest BCUT2D eigenvalue weighted by Crippen LogP contribution is 2.32. The first kappa shape index (κ1) is 26.0. The van der Waals surface area contributed by atoms with E-state index in [2.05, 4.69) is 15.3 Å². The lowest BCUT2D eigenvalue weighted by atomic mass is 9.85. The summed E-state index contributed by atoms with van der Waals surface area (Å²) in [5.74, 6) is -0.666. The van der Waals surface area contributed by atoms with E-state index in [0.29, 0.717) is 32.2 Å². The van der Waals surface area contributed by atoms with Gasteiger partial charge < -0.3 is 5.32 Å². The number of hydrogen-bond donors (Lipinski definition) is 1. The zero-order valence-electron chi connectivity index (χ0n) is 20.5. The van der Waals surface area contributed by atoms with Gasteiger partial charge in [-0.25, -0.2) is 9.78 Å². The Kier molecular flexibility index (Phi) is 7.00. The quantitative estimate of drug-likeness (QED) is 0.358. The summed E-state index contributed by atoms with van der Waals surface area (Å²) in [6.07, 6.45) is 0.384. The standard InChI is InChI=1S/C27H25ClF3N5O2/c1-16-12-20(10-11-32-16)36-23-5-3-2-4-22(23)35(26(36)38)15-17-6-8-19(9-7-17)34-25(37)21-13-18(28)14-33-24(21)27(29,30)31/h2-5,10-14,17,19H,6-9,15H2,1H3,(H,34,37). The lowest BCUT2D eigenvalue weighted by Crippen LogP contribution is -2.39. The van der Waals surface area contributed by atoms with Crippen LogP contribution in [0.3, 0.4) is 0 Å². The van der Waals surface area contributed by atoms with Crippen molar-refractivity contribution >= 4 is 28.5 Å². The summed E-state index contributed by atoms with van der Waals surface area (Å²) >= 11 is 5.81. The summed E-state index contributed by atoms with van der Waals surface area (Å²) in [4.78, 5) is 33.8. The van der Waals surface area contributed by atoms with Gasteiger partial charge in [0.05, 0.1) is 27.3 Å². The molecule has 1 aliphatic rings. The maximum atomic E-state index is 13.5. The molecular formula is C27H25ClF3N5O2. The zero-order chi connectivity index (χ0) is 27.0. The van der Waals surface area contributed by atoms with Gasteiger partial charge in [-0.2, -0.15) is 13.2 Å². The highest BCUT2D eigenvalue weighted by molar-refractivity contribution is 6.30. The minimum atomic E-state index is -4.77. The molecule has 1 aromatic carbocycles. The van der Waals surface area contributed by atoms with Crippen molar-refractivity contribution in [3.8, 4) is 5.69 Å². The second-order valence-electron chi connectivity index (χ2n) is 9.61. The van der Waals surface area contributed by atoms with Crippen LogP contribution in [0.1, 0.15) is 47.4 Å². The largest absolute Gasteiger partial charge is 0.434 e. The number of carbonyl (C=O) groups excluding carboxylic acids is 1. The van der Waals surface area contributed by atoms with Crippen LogP contribution >= 0.6 is 11.6 Å². The lowest BCUT2D eigenvalue weighted by molar-refractivity contribution is -0.141. The second-order valence-corrected chi connectivity index (χ2v) is 10.0. The molecule has 1 saturated carbocycles. The van der Waals surface area contributed by atoms with E-state index in [0.717, 1.165) is 34.7 Å². The molecule has 11 heteroatoms. The van der Waals surface area contributed by atoms with Crippen LogP contribution in [0.2, 0.25) is 5.02 Å².